The van der Waals surface area contributed by atoms with E-state index in [9.17, 15) is 14.4 Å². The van der Waals surface area contributed by atoms with E-state index in [0.717, 1.165) is 17.7 Å². The monoisotopic (exact) mass is 337 g/mol. The lowest BCUT2D eigenvalue weighted by Crippen LogP contribution is -2.55. The van der Waals surface area contributed by atoms with Crippen molar-refractivity contribution in [2.75, 3.05) is 13.1 Å². The summed E-state index contributed by atoms with van der Waals surface area (Å²) >= 11 is 0. The van der Waals surface area contributed by atoms with Gasteiger partial charge in [-0.3, -0.25) is 19.3 Å². The number of halogens is 1. The smallest absolute Gasteiger partial charge is 0.262 e. The molecule has 124 valence electrons. The molecule has 1 atom stereocenters. The van der Waals surface area contributed by atoms with Gasteiger partial charge in [0.05, 0.1) is 16.7 Å². The first-order valence-electron chi connectivity index (χ1n) is 7.42. The highest BCUT2D eigenvalue weighted by Crippen LogP contribution is 2.39. The van der Waals surface area contributed by atoms with E-state index in [1.54, 1.807) is 24.3 Å². The summed E-state index contributed by atoms with van der Waals surface area (Å²) in [7, 11) is 0. The number of rotatable bonds is 5. The van der Waals surface area contributed by atoms with Gasteiger partial charge in [0.15, 0.2) is 0 Å². The maximum absolute atomic E-state index is 12.2. The highest BCUT2D eigenvalue weighted by atomic mass is 35.5. The molecule has 0 saturated heterocycles. The Bertz CT molecular complexity index is 625. The van der Waals surface area contributed by atoms with E-state index in [0.29, 0.717) is 23.6 Å². The molecule has 0 radical (unpaired) electrons. The van der Waals surface area contributed by atoms with Crippen LogP contribution in [0.15, 0.2) is 24.3 Å². The van der Waals surface area contributed by atoms with E-state index < -0.39 is 17.4 Å². The van der Waals surface area contributed by atoms with Crippen molar-refractivity contribution in [3.63, 3.8) is 0 Å². The van der Waals surface area contributed by atoms with Crippen LogP contribution >= 0.6 is 12.4 Å². The van der Waals surface area contributed by atoms with Crippen molar-refractivity contribution in [2.24, 2.45) is 11.7 Å². The molecule has 1 aliphatic heterocycles. The standard InChI is InChI=1S/C16H19N3O3.ClH/c1-16(9-17,10-6-7-10)18-13(20)8-19-14(21)11-4-2-3-5-12(11)15(19)22;/h2-5,10H,6-9,17H2,1H3,(H,18,20);1H. The third kappa shape index (κ3) is 3.09. The van der Waals surface area contributed by atoms with Gasteiger partial charge in [-0.05, 0) is 37.8 Å². The number of carbonyl (C=O) groups is 3. The molecule has 2 aliphatic rings. The largest absolute Gasteiger partial charge is 0.348 e. The molecule has 1 unspecified atom stereocenters. The Kier molecular flexibility index (Phi) is 4.77. The van der Waals surface area contributed by atoms with Crippen LogP contribution < -0.4 is 11.1 Å². The number of imide groups is 1. The molecule has 6 nitrogen and oxygen atoms in total. The topological polar surface area (TPSA) is 92.5 Å². The van der Waals surface area contributed by atoms with Gasteiger partial charge >= 0.3 is 0 Å². The SMILES string of the molecule is CC(CN)(NC(=O)CN1C(=O)c2ccccc2C1=O)C1CC1.Cl. The normalized spacial score (nSPS) is 19.0. The molecule has 0 spiro atoms. The van der Waals surface area contributed by atoms with Gasteiger partial charge in [-0.25, -0.2) is 0 Å². The van der Waals surface area contributed by atoms with Gasteiger partial charge in [-0.1, -0.05) is 12.1 Å². The first-order valence-corrected chi connectivity index (χ1v) is 7.42. The number of nitrogens with zero attached hydrogens (tertiary/aromatic N) is 1. The maximum Gasteiger partial charge on any atom is 0.262 e. The molecule has 0 aromatic heterocycles. The molecule has 3 N–H and O–H groups in total. The van der Waals surface area contributed by atoms with Crippen molar-refractivity contribution in [3.05, 3.63) is 35.4 Å². The molecular weight excluding hydrogens is 318 g/mol. The molecule has 1 fully saturated rings. The molecule has 1 heterocycles. The fourth-order valence-corrected chi connectivity index (χ4v) is 2.92. The van der Waals surface area contributed by atoms with Crippen molar-refractivity contribution in [1.29, 1.82) is 0 Å². The average molecular weight is 338 g/mol. The minimum Gasteiger partial charge on any atom is -0.348 e. The summed E-state index contributed by atoms with van der Waals surface area (Å²) in [6, 6.07) is 6.60. The van der Waals surface area contributed by atoms with Gasteiger partial charge < -0.3 is 11.1 Å². The van der Waals surface area contributed by atoms with Crippen LogP contribution in [-0.2, 0) is 4.79 Å². The summed E-state index contributed by atoms with van der Waals surface area (Å²) in [5.41, 5.74) is 6.01. The first-order chi connectivity index (χ1) is 10.5. The third-order valence-corrected chi connectivity index (χ3v) is 4.51. The van der Waals surface area contributed by atoms with Crippen LogP contribution in [0.4, 0.5) is 0 Å². The number of nitrogens with one attached hydrogen (secondary N) is 1. The Hall–Kier alpha value is -1.92. The molecule has 1 aromatic rings. The number of nitrogens with two attached hydrogens (primary N) is 1. The van der Waals surface area contributed by atoms with Crippen LogP contribution in [0.25, 0.3) is 0 Å². The number of hydrogen-bond acceptors (Lipinski definition) is 4. The van der Waals surface area contributed by atoms with Crippen molar-refractivity contribution in [2.45, 2.75) is 25.3 Å². The summed E-state index contributed by atoms with van der Waals surface area (Å²) in [6.45, 7) is 1.98. The Morgan fingerprint density at radius 1 is 1.26 bits per heavy atom. The van der Waals surface area contributed by atoms with Gasteiger partial charge in [0.1, 0.15) is 6.54 Å². The highest BCUT2D eigenvalue weighted by Gasteiger charge is 2.43. The molecular formula is C16H20ClN3O3. The summed E-state index contributed by atoms with van der Waals surface area (Å²) < 4.78 is 0. The van der Waals surface area contributed by atoms with E-state index >= 15 is 0 Å². The first kappa shape index (κ1) is 17.4. The fraction of sp³-hybridized carbons (Fsp3) is 0.438. The van der Waals surface area contributed by atoms with Gasteiger partial charge in [0.2, 0.25) is 5.91 Å². The van der Waals surface area contributed by atoms with Crippen LogP contribution in [0, 0.1) is 5.92 Å². The third-order valence-electron chi connectivity index (χ3n) is 4.51. The molecule has 1 aromatic carbocycles. The highest BCUT2D eigenvalue weighted by molar-refractivity contribution is 6.22. The zero-order valence-corrected chi connectivity index (χ0v) is 13.7. The van der Waals surface area contributed by atoms with Gasteiger partial charge in [0, 0.05) is 6.54 Å². The molecule has 1 saturated carbocycles. The summed E-state index contributed by atoms with van der Waals surface area (Å²) in [6.07, 6.45) is 2.09. The van der Waals surface area contributed by atoms with Crippen molar-refractivity contribution in [3.8, 4) is 0 Å². The van der Waals surface area contributed by atoms with Crippen molar-refractivity contribution < 1.29 is 14.4 Å². The van der Waals surface area contributed by atoms with Crippen LogP contribution in [0.2, 0.25) is 0 Å². The van der Waals surface area contributed by atoms with Gasteiger partial charge in [-0.2, -0.15) is 0 Å². The zero-order valence-electron chi connectivity index (χ0n) is 12.9. The quantitative estimate of drug-likeness (QED) is 0.782. The lowest BCUT2D eigenvalue weighted by Gasteiger charge is -2.30. The second-order valence-electron chi connectivity index (χ2n) is 6.19. The Morgan fingerprint density at radius 3 is 2.22 bits per heavy atom. The van der Waals surface area contributed by atoms with Crippen LogP contribution in [-0.4, -0.2) is 41.2 Å². The van der Waals surface area contributed by atoms with Crippen LogP contribution in [0.3, 0.4) is 0 Å². The number of fused-ring (bicyclic) bond motifs is 1. The maximum atomic E-state index is 12.2. The molecule has 3 amide bonds. The summed E-state index contributed by atoms with van der Waals surface area (Å²) in [5.74, 6) is -0.814. The van der Waals surface area contributed by atoms with Gasteiger partial charge in [0.25, 0.3) is 11.8 Å². The zero-order chi connectivity index (χ0) is 15.9. The molecule has 23 heavy (non-hydrogen) atoms. The van der Waals surface area contributed by atoms with Crippen LogP contribution in [0.1, 0.15) is 40.5 Å². The van der Waals surface area contributed by atoms with Crippen molar-refractivity contribution >= 4 is 30.1 Å². The molecule has 1 aliphatic carbocycles. The minimum absolute atomic E-state index is 0. The minimum atomic E-state index is -0.463. The molecule has 7 heteroatoms. The lowest BCUT2D eigenvalue weighted by atomic mass is 9.96. The second-order valence-corrected chi connectivity index (χ2v) is 6.19. The number of carbonyl (C=O) groups excluding carboxylic acids is 3. The van der Waals surface area contributed by atoms with E-state index in [1.807, 2.05) is 6.92 Å². The van der Waals surface area contributed by atoms with Crippen molar-refractivity contribution in [1.82, 2.24) is 10.2 Å². The second kappa shape index (κ2) is 6.29. The Balaban J connectivity index is 0.00000192. The van der Waals surface area contributed by atoms with Gasteiger partial charge in [-0.15, -0.1) is 12.4 Å². The van der Waals surface area contributed by atoms with Crippen LogP contribution in [0.5, 0.6) is 0 Å². The lowest BCUT2D eigenvalue weighted by molar-refractivity contribution is -0.123. The number of amides is 3. The fourth-order valence-electron chi connectivity index (χ4n) is 2.92. The Morgan fingerprint density at radius 2 is 1.78 bits per heavy atom. The summed E-state index contributed by atoms with van der Waals surface area (Å²) in [4.78, 5) is 37.7. The molecule has 0 bridgehead atoms. The Labute approximate surface area is 140 Å². The summed E-state index contributed by atoms with van der Waals surface area (Å²) in [5, 5.41) is 2.89. The van der Waals surface area contributed by atoms with E-state index in [1.165, 1.54) is 0 Å². The van der Waals surface area contributed by atoms with E-state index in [2.05, 4.69) is 5.32 Å². The average Bonchev–Trinajstić information content (AvgIpc) is 3.33. The van der Waals surface area contributed by atoms with E-state index in [-0.39, 0.29) is 24.9 Å². The number of hydrogen-bond donors (Lipinski definition) is 2. The predicted octanol–water partition coefficient (Wildman–Crippen LogP) is 0.948. The van der Waals surface area contributed by atoms with E-state index in [4.69, 9.17) is 5.73 Å². The molecule has 3 rings (SSSR count). The number of benzene rings is 1. The predicted molar refractivity (Wildman–Crippen MR) is 87.4 cm³/mol.